The Morgan fingerprint density at radius 2 is 1.90 bits per heavy atom. The number of rotatable bonds is 8. The summed E-state index contributed by atoms with van der Waals surface area (Å²) in [7, 11) is 4.02. The molecule has 1 fully saturated rings. The molecule has 4 aromatic heterocycles. The van der Waals surface area contributed by atoms with Crippen molar-refractivity contribution in [3.05, 3.63) is 72.8 Å². The minimum atomic E-state index is -0.285. The summed E-state index contributed by atoms with van der Waals surface area (Å²) in [6, 6.07) is 17.2. The molecule has 5 heterocycles. The molecule has 0 radical (unpaired) electrons. The number of pyridine rings is 1. The van der Waals surface area contributed by atoms with Gasteiger partial charge in [-0.25, -0.2) is 14.4 Å². The predicted octanol–water partition coefficient (Wildman–Crippen LogP) is 4.49. The molecule has 5 N–H and O–H groups in total. The fourth-order valence-corrected chi connectivity index (χ4v) is 5.37. The molecule has 2 aromatic carbocycles. The zero-order valence-corrected chi connectivity index (χ0v) is 23.4. The molecule has 0 saturated carbocycles. The van der Waals surface area contributed by atoms with E-state index in [1.165, 1.54) is 6.07 Å². The zero-order chi connectivity index (χ0) is 28.8. The van der Waals surface area contributed by atoms with E-state index in [1.807, 2.05) is 56.6 Å². The predicted molar refractivity (Wildman–Crippen MR) is 165 cm³/mol. The second-order valence-corrected chi connectivity index (χ2v) is 11.0. The number of H-pyrrole nitrogens is 2. The maximum absolute atomic E-state index is 14.7. The molecule has 0 atom stereocenters. The Hall–Kier alpha value is -4.87. The Morgan fingerprint density at radius 1 is 1.02 bits per heavy atom. The largest absolute Gasteiger partial charge is 0.384 e. The Bertz CT molecular complexity index is 1900. The summed E-state index contributed by atoms with van der Waals surface area (Å²) < 4.78 is 14.7. The highest BCUT2D eigenvalue weighted by atomic mass is 19.1. The number of aromatic nitrogens is 6. The fraction of sp³-hybridized carbons (Fsp3) is 0.226. The number of likely N-dealkylation sites (N-methyl/N-ethyl adjacent to an activating group) is 1. The number of nitrogens with two attached hydrogens (primary N) is 1. The maximum atomic E-state index is 14.7. The highest BCUT2D eigenvalue weighted by Gasteiger charge is 2.25. The van der Waals surface area contributed by atoms with Crippen molar-refractivity contribution in [1.29, 1.82) is 0 Å². The van der Waals surface area contributed by atoms with Crippen LogP contribution in [0.5, 0.6) is 0 Å². The van der Waals surface area contributed by atoms with Gasteiger partial charge in [-0.05, 0) is 67.7 Å². The molecule has 1 saturated heterocycles. The van der Waals surface area contributed by atoms with E-state index in [4.69, 9.17) is 15.7 Å². The monoisotopic (exact) mass is 562 g/mol. The lowest BCUT2D eigenvalue weighted by atomic mass is 10.0. The Labute approximate surface area is 241 Å². The zero-order valence-electron chi connectivity index (χ0n) is 23.4. The van der Waals surface area contributed by atoms with Crippen LogP contribution in [-0.2, 0) is 0 Å². The van der Waals surface area contributed by atoms with Crippen molar-refractivity contribution < 1.29 is 4.39 Å². The smallest absolute Gasteiger partial charge is 0.147 e. The second-order valence-electron chi connectivity index (χ2n) is 11.0. The van der Waals surface area contributed by atoms with Gasteiger partial charge in [0.1, 0.15) is 28.5 Å². The van der Waals surface area contributed by atoms with E-state index in [2.05, 4.69) is 35.3 Å². The molecule has 0 unspecified atom stereocenters. The van der Waals surface area contributed by atoms with Crippen LogP contribution in [0.1, 0.15) is 0 Å². The highest BCUT2D eigenvalue weighted by Crippen LogP contribution is 2.35. The Kier molecular flexibility index (Phi) is 6.52. The van der Waals surface area contributed by atoms with Gasteiger partial charge in [-0.1, -0.05) is 12.1 Å². The highest BCUT2D eigenvalue weighted by molar-refractivity contribution is 6.00. The number of nitrogens with one attached hydrogen (secondary N) is 3. The molecular weight excluding hydrogens is 531 g/mol. The van der Waals surface area contributed by atoms with Crippen molar-refractivity contribution in [2.24, 2.45) is 5.73 Å². The van der Waals surface area contributed by atoms with Crippen molar-refractivity contribution in [2.45, 2.75) is 6.04 Å². The second kappa shape index (κ2) is 10.5. The molecule has 0 spiro atoms. The minimum Gasteiger partial charge on any atom is -0.384 e. The molecule has 7 rings (SSSR count). The summed E-state index contributed by atoms with van der Waals surface area (Å²) in [6.45, 7) is 3.10. The van der Waals surface area contributed by atoms with Gasteiger partial charge in [0, 0.05) is 48.8 Å². The van der Waals surface area contributed by atoms with Crippen molar-refractivity contribution >= 4 is 33.4 Å². The van der Waals surface area contributed by atoms with Crippen molar-refractivity contribution in [1.82, 2.24) is 35.0 Å². The van der Waals surface area contributed by atoms with Gasteiger partial charge in [0.2, 0.25) is 0 Å². The van der Waals surface area contributed by atoms with E-state index in [-0.39, 0.29) is 11.9 Å². The Morgan fingerprint density at radius 3 is 2.74 bits per heavy atom. The normalized spacial score (nSPS) is 13.8. The molecule has 42 heavy (non-hydrogen) atoms. The summed E-state index contributed by atoms with van der Waals surface area (Å²) in [5.41, 5.74) is 13.8. The van der Waals surface area contributed by atoms with Gasteiger partial charge >= 0.3 is 0 Å². The SMILES string of the molecule is CN(C)CCNc1cc(F)cc(-c2cccc3[nH]c(-c4n[nH]c5ccc(-c6cncc(N7CC(N)C7)n6)nc45)cc23)c1. The van der Waals surface area contributed by atoms with Crippen molar-refractivity contribution in [2.75, 3.05) is 50.5 Å². The lowest BCUT2D eigenvalue weighted by molar-refractivity contribution is 0.425. The minimum absolute atomic E-state index is 0.169. The first-order valence-electron chi connectivity index (χ1n) is 13.9. The lowest BCUT2D eigenvalue weighted by Crippen LogP contribution is -2.56. The van der Waals surface area contributed by atoms with Crippen LogP contribution in [-0.4, -0.2) is 81.3 Å². The third kappa shape index (κ3) is 4.93. The van der Waals surface area contributed by atoms with E-state index in [0.29, 0.717) is 17.1 Å². The molecule has 0 amide bonds. The van der Waals surface area contributed by atoms with Crippen LogP contribution in [0.15, 0.2) is 67.0 Å². The number of benzene rings is 2. The summed E-state index contributed by atoms with van der Waals surface area (Å²) in [6.07, 6.45) is 3.47. The van der Waals surface area contributed by atoms with Crippen molar-refractivity contribution in [3.8, 4) is 33.9 Å². The van der Waals surface area contributed by atoms with Gasteiger partial charge in [-0.2, -0.15) is 5.10 Å². The van der Waals surface area contributed by atoms with Gasteiger partial charge in [0.05, 0.1) is 29.3 Å². The average Bonchev–Trinajstić information content (AvgIpc) is 3.59. The summed E-state index contributed by atoms with van der Waals surface area (Å²) in [4.78, 5) is 21.8. The third-order valence-electron chi connectivity index (χ3n) is 7.54. The fourth-order valence-electron chi connectivity index (χ4n) is 5.37. The summed E-state index contributed by atoms with van der Waals surface area (Å²) in [5, 5.41) is 12.0. The van der Waals surface area contributed by atoms with Crippen LogP contribution in [0.25, 0.3) is 55.8 Å². The quantitative estimate of drug-likeness (QED) is 0.214. The average molecular weight is 563 g/mol. The van der Waals surface area contributed by atoms with Gasteiger partial charge in [0.15, 0.2) is 0 Å². The van der Waals surface area contributed by atoms with E-state index in [0.717, 1.165) is 76.4 Å². The number of hydrogen-bond donors (Lipinski definition) is 4. The molecule has 0 aliphatic carbocycles. The molecule has 0 bridgehead atoms. The number of anilines is 2. The maximum Gasteiger partial charge on any atom is 0.147 e. The van der Waals surface area contributed by atoms with Crippen LogP contribution in [0.2, 0.25) is 0 Å². The molecular formula is C31H31FN10. The molecule has 1 aliphatic heterocycles. The van der Waals surface area contributed by atoms with Gasteiger partial charge in [0.25, 0.3) is 0 Å². The van der Waals surface area contributed by atoms with Crippen LogP contribution in [0.3, 0.4) is 0 Å². The molecule has 10 nitrogen and oxygen atoms in total. The standard InChI is InChI=1S/C31H31FN10/c1-41(2)9-8-35-21-11-18(10-19(32)12-21)22-4-3-5-24-23(22)13-27(36-24)31-30-26(39-40-31)7-6-25(38-30)28-14-34-15-29(37-28)42-16-20(33)17-42/h3-7,10-15,20,35-36H,8-9,16-17,33H2,1-2H3,(H,39,40). The first-order valence-corrected chi connectivity index (χ1v) is 13.9. The van der Waals surface area contributed by atoms with Crippen LogP contribution in [0, 0.1) is 5.82 Å². The van der Waals surface area contributed by atoms with E-state index < -0.39 is 0 Å². The first-order chi connectivity index (χ1) is 20.4. The van der Waals surface area contributed by atoms with E-state index in [1.54, 1.807) is 18.5 Å². The summed E-state index contributed by atoms with van der Waals surface area (Å²) in [5.74, 6) is 0.506. The molecule has 1 aliphatic rings. The number of halogens is 1. The molecule has 11 heteroatoms. The lowest BCUT2D eigenvalue weighted by Gasteiger charge is -2.37. The molecule has 212 valence electrons. The number of nitrogens with zero attached hydrogens (tertiary/aromatic N) is 6. The summed E-state index contributed by atoms with van der Waals surface area (Å²) >= 11 is 0. The number of aromatic amines is 2. The number of hydrogen-bond acceptors (Lipinski definition) is 8. The van der Waals surface area contributed by atoms with Gasteiger partial charge < -0.3 is 25.8 Å². The van der Waals surface area contributed by atoms with Gasteiger partial charge in [-0.3, -0.25) is 10.1 Å². The van der Waals surface area contributed by atoms with Crippen LogP contribution in [0.4, 0.5) is 15.9 Å². The first kappa shape index (κ1) is 26.1. The Balaban J connectivity index is 1.24. The van der Waals surface area contributed by atoms with Crippen LogP contribution >= 0.6 is 0 Å². The topological polar surface area (TPSA) is 128 Å². The van der Waals surface area contributed by atoms with Crippen molar-refractivity contribution in [3.63, 3.8) is 0 Å². The third-order valence-corrected chi connectivity index (χ3v) is 7.54. The van der Waals surface area contributed by atoms with Gasteiger partial charge in [-0.15, -0.1) is 0 Å². The van der Waals surface area contributed by atoms with E-state index in [9.17, 15) is 4.39 Å². The van der Waals surface area contributed by atoms with Crippen LogP contribution < -0.4 is 16.0 Å². The van der Waals surface area contributed by atoms with E-state index >= 15 is 0 Å². The molecule has 6 aromatic rings. The number of fused-ring (bicyclic) bond motifs is 2.